The Kier molecular flexibility index (Phi) is 4.10. The first-order valence-corrected chi connectivity index (χ1v) is 4.56. The van der Waals surface area contributed by atoms with Gasteiger partial charge in [0.1, 0.15) is 5.71 Å². The molecule has 0 heterocycles. The first kappa shape index (κ1) is 11.0. The lowest BCUT2D eigenvalue weighted by Gasteiger charge is -2.04. The Morgan fingerprint density at radius 3 is 2.33 bits per heavy atom. The lowest BCUT2D eigenvalue weighted by molar-refractivity contribution is 0.319. The van der Waals surface area contributed by atoms with Crippen molar-refractivity contribution in [1.82, 2.24) is 0 Å². The van der Waals surface area contributed by atoms with Gasteiger partial charge in [0.2, 0.25) is 0 Å². The highest BCUT2D eigenvalue weighted by molar-refractivity contribution is 6.14. The van der Waals surface area contributed by atoms with Gasteiger partial charge >= 0.3 is 0 Å². The first-order chi connectivity index (χ1) is 7.33. The van der Waals surface area contributed by atoms with Gasteiger partial charge in [0.25, 0.3) is 0 Å². The molecule has 0 atom stereocenters. The molecule has 2 nitrogen and oxygen atoms in total. The smallest absolute Gasteiger partial charge is 0.117 e. The van der Waals surface area contributed by atoms with E-state index < -0.39 is 0 Å². The molecule has 15 heavy (non-hydrogen) atoms. The maximum Gasteiger partial charge on any atom is 0.117 e. The van der Waals surface area contributed by atoms with E-state index in [0.29, 0.717) is 5.71 Å². The second kappa shape index (κ2) is 5.60. The fourth-order valence-electron chi connectivity index (χ4n) is 1.25. The molecule has 76 valence electrons. The molecule has 1 aromatic rings. The van der Waals surface area contributed by atoms with E-state index in [0.717, 1.165) is 11.1 Å². The number of rotatable bonds is 4. The van der Waals surface area contributed by atoms with E-state index in [1.54, 1.807) is 18.2 Å². The summed E-state index contributed by atoms with van der Waals surface area (Å²) >= 11 is 0. The van der Waals surface area contributed by atoms with Crippen LogP contribution in [0.1, 0.15) is 5.56 Å². The van der Waals surface area contributed by atoms with Crippen LogP contribution in [0.3, 0.4) is 0 Å². The van der Waals surface area contributed by atoms with Crippen LogP contribution in [0.4, 0.5) is 0 Å². The summed E-state index contributed by atoms with van der Waals surface area (Å²) in [6.45, 7) is 7.26. The first-order valence-electron chi connectivity index (χ1n) is 4.56. The van der Waals surface area contributed by atoms with Gasteiger partial charge in [0.05, 0.1) is 0 Å². The predicted molar refractivity (Wildman–Crippen MR) is 63.2 cm³/mol. The molecule has 0 fully saturated rings. The van der Waals surface area contributed by atoms with Crippen molar-refractivity contribution in [2.75, 3.05) is 0 Å². The van der Waals surface area contributed by atoms with Crippen molar-refractivity contribution in [3.63, 3.8) is 0 Å². The van der Waals surface area contributed by atoms with Gasteiger partial charge in [-0.3, -0.25) is 0 Å². The van der Waals surface area contributed by atoms with Crippen LogP contribution in [0.25, 0.3) is 0 Å². The molecule has 0 radical (unpaired) electrons. The normalized spacial score (nSPS) is 12.3. The largest absolute Gasteiger partial charge is 0.410 e. The fraction of sp³-hybridized carbons (Fsp3) is 0. The maximum atomic E-state index is 8.97. The quantitative estimate of drug-likeness (QED) is 0.343. The van der Waals surface area contributed by atoms with E-state index in [1.165, 1.54) is 0 Å². The Balaban J connectivity index is 3.16. The van der Waals surface area contributed by atoms with Gasteiger partial charge in [0.15, 0.2) is 0 Å². The summed E-state index contributed by atoms with van der Waals surface area (Å²) in [5.74, 6) is 0. The van der Waals surface area contributed by atoms with Crippen molar-refractivity contribution >= 4 is 5.71 Å². The van der Waals surface area contributed by atoms with Crippen molar-refractivity contribution in [2.45, 2.75) is 0 Å². The molecule has 0 aromatic heterocycles. The molecular weight excluding hydrogens is 186 g/mol. The molecule has 0 aliphatic heterocycles. The van der Waals surface area contributed by atoms with Crippen LogP contribution in [-0.2, 0) is 0 Å². The summed E-state index contributed by atoms with van der Waals surface area (Å²) in [7, 11) is 0. The van der Waals surface area contributed by atoms with Crippen molar-refractivity contribution in [3.05, 3.63) is 72.9 Å². The summed E-state index contributed by atoms with van der Waals surface area (Å²) in [5.41, 5.74) is 2.07. The molecule has 0 saturated carbocycles. The topological polar surface area (TPSA) is 32.6 Å². The van der Waals surface area contributed by atoms with Gasteiger partial charge in [0, 0.05) is 11.1 Å². The van der Waals surface area contributed by atoms with Gasteiger partial charge in [-0.2, -0.15) is 0 Å². The van der Waals surface area contributed by atoms with Crippen molar-refractivity contribution in [1.29, 1.82) is 0 Å². The van der Waals surface area contributed by atoms with Crippen LogP contribution in [0.5, 0.6) is 0 Å². The molecule has 2 heteroatoms. The Hall–Kier alpha value is -2.09. The molecular formula is C13H13NO. The molecule has 0 amide bonds. The highest BCUT2D eigenvalue weighted by atomic mass is 16.4. The Morgan fingerprint density at radius 2 is 1.87 bits per heavy atom. The highest BCUT2D eigenvalue weighted by Gasteiger charge is 2.06. The SMILES string of the molecule is C=C/C=C(C=C)/C(=N\O)c1ccccc1. The average Bonchev–Trinajstić information content (AvgIpc) is 2.30. The molecule has 0 aliphatic rings. The van der Waals surface area contributed by atoms with E-state index in [2.05, 4.69) is 18.3 Å². The Bertz CT molecular complexity index is 402. The molecule has 0 bridgehead atoms. The van der Waals surface area contributed by atoms with Gasteiger partial charge in [-0.05, 0) is 0 Å². The van der Waals surface area contributed by atoms with Gasteiger partial charge < -0.3 is 5.21 Å². The minimum atomic E-state index is 0.491. The lowest BCUT2D eigenvalue weighted by Crippen LogP contribution is -2.02. The van der Waals surface area contributed by atoms with E-state index in [1.807, 2.05) is 30.3 Å². The van der Waals surface area contributed by atoms with Crippen molar-refractivity contribution < 1.29 is 5.21 Å². The van der Waals surface area contributed by atoms with Crippen LogP contribution in [0, 0.1) is 0 Å². The minimum Gasteiger partial charge on any atom is -0.410 e. The third kappa shape index (κ3) is 2.68. The summed E-state index contributed by atoms with van der Waals surface area (Å²) < 4.78 is 0. The fourth-order valence-corrected chi connectivity index (χ4v) is 1.25. The molecule has 0 unspecified atom stereocenters. The number of benzene rings is 1. The van der Waals surface area contributed by atoms with Crippen molar-refractivity contribution in [3.8, 4) is 0 Å². The summed E-state index contributed by atoms with van der Waals surface area (Å²) in [6.07, 6.45) is 5.00. The average molecular weight is 199 g/mol. The third-order valence-corrected chi connectivity index (χ3v) is 1.94. The summed E-state index contributed by atoms with van der Waals surface area (Å²) in [5, 5.41) is 12.3. The Morgan fingerprint density at radius 1 is 1.20 bits per heavy atom. The Labute approximate surface area is 89.6 Å². The van der Waals surface area contributed by atoms with E-state index in [-0.39, 0.29) is 0 Å². The van der Waals surface area contributed by atoms with Gasteiger partial charge in [-0.15, -0.1) is 0 Å². The summed E-state index contributed by atoms with van der Waals surface area (Å²) in [4.78, 5) is 0. The van der Waals surface area contributed by atoms with Crippen LogP contribution in [-0.4, -0.2) is 10.9 Å². The number of hydrogen-bond donors (Lipinski definition) is 1. The number of oxime groups is 1. The van der Waals surface area contributed by atoms with Gasteiger partial charge in [-0.25, -0.2) is 0 Å². The zero-order chi connectivity index (χ0) is 11.1. The molecule has 1 N–H and O–H groups in total. The number of allylic oxidation sites excluding steroid dienone is 4. The zero-order valence-electron chi connectivity index (χ0n) is 8.43. The van der Waals surface area contributed by atoms with Crippen LogP contribution in [0.2, 0.25) is 0 Å². The highest BCUT2D eigenvalue weighted by Crippen LogP contribution is 2.10. The van der Waals surface area contributed by atoms with E-state index >= 15 is 0 Å². The molecule has 0 saturated heterocycles. The van der Waals surface area contributed by atoms with Crippen LogP contribution in [0.15, 0.2) is 72.4 Å². The second-order valence-electron chi connectivity index (χ2n) is 2.88. The maximum absolute atomic E-state index is 8.97. The van der Waals surface area contributed by atoms with Crippen molar-refractivity contribution in [2.24, 2.45) is 5.16 Å². The number of hydrogen-bond acceptors (Lipinski definition) is 2. The lowest BCUT2D eigenvalue weighted by atomic mass is 10.0. The van der Waals surface area contributed by atoms with E-state index in [4.69, 9.17) is 5.21 Å². The summed E-state index contributed by atoms with van der Waals surface area (Å²) in [6, 6.07) is 9.42. The third-order valence-electron chi connectivity index (χ3n) is 1.94. The minimum absolute atomic E-state index is 0.491. The molecule has 1 rings (SSSR count). The standard InChI is InChI=1S/C13H13NO/c1-3-8-11(4-2)13(14-15)12-9-6-5-7-10-12/h3-10,15H,1-2H2/b11-8+,14-13+. The van der Waals surface area contributed by atoms with Crippen LogP contribution < -0.4 is 0 Å². The predicted octanol–water partition coefficient (Wildman–Crippen LogP) is 3.16. The zero-order valence-corrected chi connectivity index (χ0v) is 8.43. The number of nitrogens with zero attached hydrogens (tertiary/aromatic N) is 1. The molecule has 0 spiro atoms. The van der Waals surface area contributed by atoms with Gasteiger partial charge in [-0.1, -0.05) is 66.9 Å². The monoisotopic (exact) mass is 199 g/mol. The van der Waals surface area contributed by atoms with Crippen LogP contribution >= 0.6 is 0 Å². The second-order valence-corrected chi connectivity index (χ2v) is 2.88. The molecule has 0 aliphatic carbocycles. The molecule has 1 aromatic carbocycles. The van der Waals surface area contributed by atoms with E-state index in [9.17, 15) is 0 Å².